The van der Waals surface area contributed by atoms with Gasteiger partial charge in [-0.05, 0) is 89.9 Å². The molecule has 0 spiro atoms. The van der Waals surface area contributed by atoms with Gasteiger partial charge in [0.05, 0.1) is 25.4 Å². The molecule has 0 heterocycles. The third-order valence-corrected chi connectivity index (χ3v) is 17.8. The highest BCUT2D eigenvalue weighted by Gasteiger charge is 2.18. The largest absolute Gasteiger partial charge is 0.466 e. The summed E-state index contributed by atoms with van der Waals surface area (Å²) in [6.45, 7) is 4.93. The third kappa shape index (κ3) is 70.8. The van der Waals surface area contributed by atoms with Gasteiger partial charge in [-0.15, -0.1) is 0 Å². The van der Waals surface area contributed by atoms with Crippen molar-refractivity contribution in [3.8, 4) is 0 Å². The van der Waals surface area contributed by atoms with E-state index >= 15 is 0 Å². The van der Waals surface area contributed by atoms with Crippen LogP contribution in [-0.4, -0.2) is 47.4 Å². The molecule has 6 heteroatoms. The van der Waals surface area contributed by atoms with Crippen molar-refractivity contribution < 1.29 is 24.5 Å². The highest BCUT2D eigenvalue weighted by Crippen LogP contribution is 2.19. The molecule has 1 amide bonds. The monoisotopic (exact) mass is 1190 g/mol. The number of aliphatic hydroxyl groups is 2. The van der Waals surface area contributed by atoms with Crippen molar-refractivity contribution in [2.75, 3.05) is 13.2 Å². The van der Waals surface area contributed by atoms with Gasteiger partial charge in [0.25, 0.3) is 0 Å². The van der Waals surface area contributed by atoms with Crippen molar-refractivity contribution in [1.82, 2.24) is 5.32 Å². The topological polar surface area (TPSA) is 95.9 Å². The number of unbranched alkanes of at least 4 members (excludes halogenated alkanes) is 55. The van der Waals surface area contributed by atoms with Crippen molar-refractivity contribution in [3.05, 3.63) is 48.6 Å². The van der Waals surface area contributed by atoms with Crippen LogP contribution in [0, 0.1) is 0 Å². The maximum absolute atomic E-state index is 12.6. The highest BCUT2D eigenvalue weighted by molar-refractivity contribution is 5.76. The fourth-order valence-electron chi connectivity index (χ4n) is 12.0. The van der Waals surface area contributed by atoms with E-state index in [0.29, 0.717) is 19.4 Å². The minimum Gasteiger partial charge on any atom is -0.466 e. The van der Waals surface area contributed by atoms with E-state index < -0.39 is 12.1 Å². The zero-order chi connectivity index (χ0) is 61.3. The number of hydrogen-bond donors (Lipinski definition) is 3. The van der Waals surface area contributed by atoms with E-state index in [4.69, 9.17) is 4.74 Å². The van der Waals surface area contributed by atoms with Crippen LogP contribution in [0.4, 0.5) is 0 Å². The molecule has 6 nitrogen and oxygen atoms in total. The Labute approximate surface area is 531 Å². The zero-order valence-electron chi connectivity index (χ0n) is 57.4. The van der Waals surface area contributed by atoms with Crippen LogP contribution in [0.25, 0.3) is 0 Å². The van der Waals surface area contributed by atoms with Crippen LogP contribution in [0.1, 0.15) is 418 Å². The molecule has 500 valence electrons. The van der Waals surface area contributed by atoms with Crippen molar-refractivity contribution in [1.29, 1.82) is 0 Å². The SMILES string of the molecule is CCCCCCC/C=C\CCCCCCCC(=O)OCCCCCCCCCCC/C=C\C/C=C\CCCCCCCCCCCCCCCC(=O)NC(CO)C(O)/C=C/CCCCCCCCCCCCCCCCCCCCCCCCC. The molecular formula is C79H149NO5. The lowest BCUT2D eigenvalue weighted by atomic mass is 10.0. The molecule has 3 N–H and O–H groups in total. The summed E-state index contributed by atoms with van der Waals surface area (Å²) in [7, 11) is 0. The van der Waals surface area contributed by atoms with Crippen molar-refractivity contribution in [2.45, 2.75) is 431 Å². The van der Waals surface area contributed by atoms with Gasteiger partial charge < -0.3 is 20.3 Å². The Morgan fingerprint density at radius 1 is 0.329 bits per heavy atom. The average Bonchev–Trinajstić information content (AvgIpc) is 3.51. The van der Waals surface area contributed by atoms with Gasteiger partial charge in [-0.3, -0.25) is 9.59 Å². The van der Waals surface area contributed by atoms with Gasteiger partial charge in [-0.2, -0.15) is 0 Å². The third-order valence-electron chi connectivity index (χ3n) is 17.8. The van der Waals surface area contributed by atoms with E-state index in [1.807, 2.05) is 6.08 Å². The Hall–Kier alpha value is -2.18. The first kappa shape index (κ1) is 82.8. The summed E-state index contributed by atoms with van der Waals surface area (Å²) < 4.78 is 5.48. The molecule has 0 bridgehead atoms. The molecule has 0 aliphatic rings. The summed E-state index contributed by atoms with van der Waals surface area (Å²) in [4.78, 5) is 24.6. The highest BCUT2D eigenvalue weighted by atomic mass is 16.5. The van der Waals surface area contributed by atoms with Crippen LogP contribution in [0.3, 0.4) is 0 Å². The van der Waals surface area contributed by atoms with Crippen LogP contribution in [0.15, 0.2) is 48.6 Å². The number of amides is 1. The van der Waals surface area contributed by atoms with Gasteiger partial charge in [0.1, 0.15) is 0 Å². The molecule has 0 saturated carbocycles. The Bertz CT molecular complexity index is 1420. The smallest absolute Gasteiger partial charge is 0.305 e. The molecule has 0 saturated heterocycles. The first-order valence-corrected chi connectivity index (χ1v) is 38.4. The second-order valence-corrected chi connectivity index (χ2v) is 26.3. The van der Waals surface area contributed by atoms with Crippen molar-refractivity contribution >= 4 is 11.9 Å². The van der Waals surface area contributed by atoms with E-state index in [-0.39, 0.29) is 18.5 Å². The summed E-state index contributed by atoms with van der Waals surface area (Å²) in [6.07, 6.45) is 97.9. The zero-order valence-corrected chi connectivity index (χ0v) is 57.4. The van der Waals surface area contributed by atoms with E-state index in [1.54, 1.807) is 6.08 Å². The van der Waals surface area contributed by atoms with Crippen LogP contribution < -0.4 is 5.32 Å². The number of rotatable bonds is 72. The molecule has 2 atom stereocenters. The lowest BCUT2D eigenvalue weighted by Gasteiger charge is -2.20. The van der Waals surface area contributed by atoms with Gasteiger partial charge in [0.15, 0.2) is 0 Å². The van der Waals surface area contributed by atoms with Crippen LogP contribution in [0.2, 0.25) is 0 Å². The summed E-state index contributed by atoms with van der Waals surface area (Å²) >= 11 is 0. The van der Waals surface area contributed by atoms with E-state index in [1.165, 1.54) is 340 Å². The van der Waals surface area contributed by atoms with Gasteiger partial charge >= 0.3 is 5.97 Å². The summed E-state index contributed by atoms with van der Waals surface area (Å²) in [5.41, 5.74) is 0. The molecular weight excluding hydrogens is 1040 g/mol. The van der Waals surface area contributed by atoms with E-state index in [2.05, 4.69) is 55.6 Å². The molecule has 0 radical (unpaired) electrons. The normalized spacial score (nSPS) is 12.8. The number of allylic oxidation sites excluding steroid dienone is 7. The predicted octanol–water partition coefficient (Wildman–Crippen LogP) is 25.2. The molecule has 0 fully saturated rings. The second-order valence-electron chi connectivity index (χ2n) is 26.3. The molecule has 2 unspecified atom stereocenters. The van der Waals surface area contributed by atoms with E-state index in [9.17, 15) is 19.8 Å². The molecule has 0 aromatic carbocycles. The van der Waals surface area contributed by atoms with Crippen LogP contribution in [0.5, 0.6) is 0 Å². The standard InChI is InChI=1S/C79H149NO5/c1-3-5-7-9-11-13-15-17-19-20-21-22-23-29-32-35-38-41-44-47-51-55-59-63-67-71-77(82)76(75-81)80-78(83)72-68-64-60-56-52-48-45-42-39-36-33-30-27-25-24-26-28-31-34-37-40-43-46-50-54-58-62-66-70-74-85-79(84)73-69-65-61-57-53-49-18-16-14-12-10-8-6-4-2/h16,18,24,26,31,34,67,71,76-77,81-82H,3-15,17,19-23,25,27-30,32-33,35-66,68-70,72-75H2,1-2H3,(H,80,83)/b18-16-,26-24-,34-31-,71-67+. The number of nitrogens with one attached hydrogen (secondary N) is 1. The van der Waals surface area contributed by atoms with Gasteiger partial charge in [0, 0.05) is 12.8 Å². The minimum absolute atomic E-state index is 0.00352. The molecule has 0 aliphatic heterocycles. The number of hydrogen-bond acceptors (Lipinski definition) is 5. The van der Waals surface area contributed by atoms with Crippen LogP contribution in [-0.2, 0) is 14.3 Å². The summed E-state index contributed by atoms with van der Waals surface area (Å²) in [5.74, 6) is -0.0612. The molecule has 0 aromatic heterocycles. The van der Waals surface area contributed by atoms with Gasteiger partial charge in [-0.1, -0.05) is 364 Å². The average molecular weight is 1190 g/mol. The summed E-state index contributed by atoms with van der Waals surface area (Å²) in [5, 5.41) is 23.3. The number of esters is 1. The Kier molecular flexibility index (Phi) is 72.4. The fourth-order valence-corrected chi connectivity index (χ4v) is 12.0. The number of carbonyl (C=O) groups is 2. The van der Waals surface area contributed by atoms with Gasteiger partial charge in [-0.25, -0.2) is 0 Å². The number of aliphatic hydroxyl groups excluding tert-OH is 2. The van der Waals surface area contributed by atoms with Crippen molar-refractivity contribution in [3.63, 3.8) is 0 Å². The first-order chi connectivity index (χ1) is 42.0. The van der Waals surface area contributed by atoms with Gasteiger partial charge in [0.2, 0.25) is 5.91 Å². The Balaban J connectivity index is 3.43. The van der Waals surface area contributed by atoms with E-state index in [0.717, 1.165) is 51.4 Å². The molecule has 0 rings (SSSR count). The maximum Gasteiger partial charge on any atom is 0.305 e. The van der Waals surface area contributed by atoms with Crippen LogP contribution >= 0.6 is 0 Å². The number of ether oxygens (including phenoxy) is 1. The molecule has 0 aliphatic carbocycles. The second kappa shape index (κ2) is 74.3. The molecule has 0 aromatic rings. The lowest BCUT2D eigenvalue weighted by molar-refractivity contribution is -0.143. The molecule has 85 heavy (non-hydrogen) atoms. The minimum atomic E-state index is -0.848. The Morgan fingerprint density at radius 2 is 0.588 bits per heavy atom. The predicted molar refractivity (Wildman–Crippen MR) is 375 cm³/mol. The first-order valence-electron chi connectivity index (χ1n) is 38.4. The number of carbonyl (C=O) groups excluding carboxylic acids is 2. The quantitative estimate of drug-likeness (QED) is 0.0320. The lowest BCUT2D eigenvalue weighted by Crippen LogP contribution is -2.45. The fraction of sp³-hybridized carbons (Fsp3) is 0.873. The summed E-state index contributed by atoms with van der Waals surface area (Å²) in [6, 6.07) is -0.631. The maximum atomic E-state index is 12.6. The van der Waals surface area contributed by atoms with Crippen molar-refractivity contribution in [2.24, 2.45) is 0 Å². The Morgan fingerprint density at radius 3 is 0.906 bits per heavy atom.